The van der Waals surface area contributed by atoms with Gasteiger partial charge in [-0.05, 0) is 20.8 Å². The van der Waals surface area contributed by atoms with E-state index < -0.39 is 15.7 Å². The third kappa shape index (κ3) is 13.3. The van der Waals surface area contributed by atoms with Crippen LogP contribution >= 0.6 is 0 Å². The summed E-state index contributed by atoms with van der Waals surface area (Å²) in [5, 5.41) is 0. The Hall–Kier alpha value is -0.660. The van der Waals surface area contributed by atoms with Crippen molar-refractivity contribution in [2.75, 3.05) is 26.1 Å². The van der Waals surface area contributed by atoms with E-state index in [4.69, 9.17) is 9.47 Å². The fourth-order valence-corrected chi connectivity index (χ4v) is 1.27. The molecule has 6 nitrogen and oxygen atoms in total. The summed E-state index contributed by atoms with van der Waals surface area (Å²) in [7, 11) is -3.42. The van der Waals surface area contributed by atoms with Gasteiger partial charge in [-0.25, -0.2) is 0 Å². The summed E-state index contributed by atoms with van der Waals surface area (Å²) in [6.45, 7) is 5.61. The monoisotopic (exact) mass is 268 g/mol. The van der Waals surface area contributed by atoms with Crippen molar-refractivity contribution in [3.05, 3.63) is 0 Å². The van der Waals surface area contributed by atoms with Gasteiger partial charge in [0.15, 0.2) is 0 Å². The van der Waals surface area contributed by atoms with Crippen molar-refractivity contribution in [1.82, 2.24) is 0 Å². The molecule has 0 rings (SSSR count). The maximum Gasteiger partial charge on any atom is 0.308 e. The van der Waals surface area contributed by atoms with Crippen molar-refractivity contribution in [3.63, 3.8) is 0 Å². The minimum absolute atomic E-state index is 0.0485. The fourth-order valence-electron chi connectivity index (χ4n) is 0.894. The van der Waals surface area contributed by atoms with Gasteiger partial charge in [0.1, 0.15) is 5.60 Å². The molecule has 0 saturated carbocycles. The number of rotatable bonds is 7. The number of hydrogen-bond donors (Lipinski definition) is 0. The Labute approximate surface area is 102 Å². The number of ether oxygens (including phenoxy) is 2. The van der Waals surface area contributed by atoms with E-state index in [0.29, 0.717) is 0 Å². The lowest BCUT2D eigenvalue weighted by molar-refractivity contribution is -0.156. The average Bonchev–Trinajstić information content (AvgIpc) is 2.06. The number of esters is 1. The molecule has 102 valence electrons. The Bertz CT molecular complexity index is 327. The molecule has 7 heteroatoms. The third-order valence-corrected chi connectivity index (χ3v) is 1.99. The fraction of sp³-hybridized carbons (Fsp3) is 0.900. The van der Waals surface area contributed by atoms with Crippen molar-refractivity contribution in [2.24, 2.45) is 0 Å². The van der Waals surface area contributed by atoms with Crippen molar-refractivity contribution in [1.29, 1.82) is 0 Å². The first kappa shape index (κ1) is 16.3. The molecule has 17 heavy (non-hydrogen) atoms. The van der Waals surface area contributed by atoms with Crippen LogP contribution < -0.4 is 0 Å². The number of carbonyl (C=O) groups is 1. The second kappa shape index (κ2) is 6.93. The van der Waals surface area contributed by atoms with Crippen LogP contribution in [0.2, 0.25) is 0 Å². The van der Waals surface area contributed by atoms with E-state index in [2.05, 4.69) is 4.18 Å². The smallest absolute Gasteiger partial charge is 0.308 e. The summed E-state index contributed by atoms with van der Waals surface area (Å²) in [4.78, 5) is 11.2. The van der Waals surface area contributed by atoms with E-state index in [1.807, 2.05) is 0 Å². The zero-order valence-corrected chi connectivity index (χ0v) is 11.5. The van der Waals surface area contributed by atoms with Gasteiger partial charge in [0.05, 0.1) is 32.5 Å². The highest BCUT2D eigenvalue weighted by molar-refractivity contribution is 7.85. The van der Waals surface area contributed by atoms with Crippen LogP contribution in [0.5, 0.6) is 0 Å². The Morgan fingerprint density at radius 3 is 2.18 bits per heavy atom. The second-order valence-electron chi connectivity index (χ2n) is 4.47. The molecular weight excluding hydrogens is 248 g/mol. The van der Waals surface area contributed by atoms with E-state index >= 15 is 0 Å². The zero-order valence-electron chi connectivity index (χ0n) is 10.7. The van der Waals surface area contributed by atoms with Crippen molar-refractivity contribution in [2.45, 2.75) is 32.8 Å². The molecule has 0 aliphatic heterocycles. The maximum atomic E-state index is 11.2. The lowest BCUT2D eigenvalue weighted by Crippen LogP contribution is -2.24. The van der Waals surface area contributed by atoms with Crippen molar-refractivity contribution in [3.8, 4) is 0 Å². The molecule has 0 aromatic carbocycles. The van der Waals surface area contributed by atoms with Crippen LogP contribution in [0, 0.1) is 0 Å². The lowest BCUT2D eigenvalue weighted by atomic mass is 10.2. The molecule has 0 N–H and O–H groups in total. The van der Waals surface area contributed by atoms with Gasteiger partial charge in [-0.1, -0.05) is 0 Å². The van der Waals surface area contributed by atoms with E-state index in [1.54, 1.807) is 20.8 Å². The molecular formula is C10H20O6S. The Balaban J connectivity index is 3.50. The van der Waals surface area contributed by atoms with Crippen LogP contribution in [-0.4, -0.2) is 46.1 Å². The summed E-state index contributed by atoms with van der Waals surface area (Å²) in [6.07, 6.45) is 1.10. The van der Waals surface area contributed by atoms with E-state index in [0.717, 1.165) is 6.26 Å². The van der Waals surface area contributed by atoms with Crippen molar-refractivity contribution < 1.29 is 26.9 Å². The van der Waals surface area contributed by atoms with Crippen LogP contribution in [0.4, 0.5) is 0 Å². The van der Waals surface area contributed by atoms with Gasteiger partial charge in [-0.15, -0.1) is 0 Å². The van der Waals surface area contributed by atoms with Gasteiger partial charge in [0, 0.05) is 0 Å². The Morgan fingerprint density at radius 2 is 1.71 bits per heavy atom. The first-order chi connectivity index (χ1) is 7.60. The Morgan fingerprint density at radius 1 is 1.12 bits per heavy atom. The molecule has 0 unspecified atom stereocenters. The van der Waals surface area contributed by atoms with Crippen LogP contribution in [0.25, 0.3) is 0 Å². The highest BCUT2D eigenvalue weighted by atomic mass is 32.2. The summed E-state index contributed by atoms with van der Waals surface area (Å²) >= 11 is 0. The van der Waals surface area contributed by atoms with E-state index in [9.17, 15) is 13.2 Å². The molecule has 0 saturated heterocycles. The molecule has 0 amide bonds. The minimum atomic E-state index is -3.42. The number of hydrogen-bond acceptors (Lipinski definition) is 6. The van der Waals surface area contributed by atoms with Gasteiger partial charge >= 0.3 is 5.97 Å². The molecule has 0 heterocycles. The molecule has 0 radical (unpaired) electrons. The highest BCUT2D eigenvalue weighted by Gasteiger charge is 2.15. The quantitative estimate of drug-likeness (QED) is 0.384. The highest BCUT2D eigenvalue weighted by Crippen LogP contribution is 2.07. The van der Waals surface area contributed by atoms with Crippen molar-refractivity contribution >= 4 is 16.1 Å². The summed E-state index contributed by atoms with van der Waals surface area (Å²) < 4.78 is 35.7. The second-order valence-corrected chi connectivity index (χ2v) is 6.12. The summed E-state index contributed by atoms with van der Waals surface area (Å²) in [5.74, 6) is -0.346. The summed E-state index contributed by atoms with van der Waals surface area (Å²) in [5.41, 5.74) is -0.503. The van der Waals surface area contributed by atoms with Gasteiger partial charge in [0.25, 0.3) is 10.1 Å². The molecule has 0 aliphatic rings. The first-order valence-corrected chi connectivity index (χ1v) is 7.06. The molecule has 0 aromatic heterocycles. The molecule has 0 atom stereocenters. The van der Waals surface area contributed by atoms with Gasteiger partial charge in [0.2, 0.25) is 0 Å². The Kier molecular flexibility index (Phi) is 6.66. The largest absolute Gasteiger partial charge is 0.460 e. The van der Waals surface area contributed by atoms with E-state index in [1.165, 1.54) is 0 Å². The van der Waals surface area contributed by atoms with Gasteiger partial charge in [-0.3, -0.25) is 8.98 Å². The zero-order chi connectivity index (χ0) is 13.5. The van der Waals surface area contributed by atoms with Crippen LogP contribution in [0.1, 0.15) is 27.2 Å². The molecule has 0 bridgehead atoms. The SMILES string of the molecule is CC(C)(C)OC(=O)CCOCCOS(C)(=O)=O. The molecule has 0 aromatic rings. The molecule has 0 aliphatic carbocycles. The van der Waals surface area contributed by atoms with Crippen LogP contribution in [0.3, 0.4) is 0 Å². The minimum Gasteiger partial charge on any atom is -0.460 e. The van der Waals surface area contributed by atoms with Gasteiger partial charge in [-0.2, -0.15) is 8.42 Å². The predicted molar refractivity (Wildman–Crippen MR) is 62.1 cm³/mol. The number of carbonyl (C=O) groups excluding carboxylic acids is 1. The normalized spacial score (nSPS) is 12.5. The van der Waals surface area contributed by atoms with E-state index in [-0.39, 0.29) is 32.2 Å². The third-order valence-electron chi connectivity index (χ3n) is 1.40. The van der Waals surface area contributed by atoms with Crippen LogP contribution in [-0.2, 0) is 28.6 Å². The standard InChI is InChI=1S/C10H20O6S/c1-10(2,3)16-9(11)5-6-14-7-8-15-17(4,12)13/h5-8H2,1-4H3. The summed E-state index contributed by atoms with van der Waals surface area (Å²) in [6, 6.07) is 0. The lowest BCUT2D eigenvalue weighted by Gasteiger charge is -2.19. The van der Waals surface area contributed by atoms with Crippen LogP contribution in [0.15, 0.2) is 0 Å². The topological polar surface area (TPSA) is 78.9 Å². The van der Waals surface area contributed by atoms with Gasteiger partial charge < -0.3 is 9.47 Å². The predicted octanol–water partition coefficient (Wildman–Crippen LogP) is 0.711. The molecule has 0 fully saturated rings. The average molecular weight is 268 g/mol. The molecule has 0 spiro atoms. The first-order valence-electron chi connectivity index (χ1n) is 5.24. The maximum absolute atomic E-state index is 11.2.